The Morgan fingerprint density at radius 1 is 1.20 bits per heavy atom. The Kier molecular flexibility index (Phi) is 2.37. The zero-order chi connectivity index (χ0) is 10.8. The van der Waals surface area contributed by atoms with Gasteiger partial charge in [-0.3, -0.25) is 9.78 Å². The number of aromatic nitrogens is 1. The zero-order valence-corrected chi connectivity index (χ0v) is 8.65. The fourth-order valence-electron chi connectivity index (χ4n) is 1.41. The molecule has 0 saturated carbocycles. The van der Waals surface area contributed by atoms with Gasteiger partial charge >= 0.3 is 0 Å². The summed E-state index contributed by atoms with van der Waals surface area (Å²) in [7, 11) is 0. The number of carbonyl (C=O) groups excluding carboxylic acids is 1. The van der Waals surface area contributed by atoms with Crippen molar-refractivity contribution in [3.63, 3.8) is 0 Å². The molecule has 0 saturated heterocycles. The second kappa shape index (κ2) is 3.69. The number of pyridine rings is 1. The van der Waals surface area contributed by atoms with E-state index in [4.69, 9.17) is 4.42 Å². The summed E-state index contributed by atoms with van der Waals surface area (Å²) in [4.78, 5) is 15.9. The first-order valence-electron chi connectivity index (χ1n) is 4.68. The van der Waals surface area contributed by atoms with Crippen molar-refractivity contribution < 1.29 is 9.21 Å². The van der Waals surface area contributed by atoms with E-state index in [0.29, 0.717) is 11.1 Å². The van der Waals surface area contributed by atoms with Gasteiger partial charge in [-0.1, -0.05) is 0 Å². The second-order valence-electron chi connectivity index (χ2n) is 3.53. The van der Waals surface area contributed by atoms with Gasteiger partial charge in [-0.05, 0) is 31.5 Å². The quantitative estimate of drug-likeness (QED) is 0.701. The third kappa shape index (κ3) is 1.96. The van der Waals surface area contributed by atoms with E-state index in [9.17, 15) is 4.79 Å². The molecule has 76 valence electrons. The first-order chi connectivity index (χ1) is 7.16. The summed E-state index contributed by atoms with van der Waals surface area (Å²) in [6.45, 7) is 3.72. The maximum atomic E-state index is 11.9. The molecule has 0 unspecified atom stereocenters. The van der Waals surface area contributed by atoms with Gasteiger partial charge in [-0.25, -0.2) is 0 Å². The lowest BCUT2D eigenvalue weighted by atomic mass is 10.1. The van der Waals surface area contributed by atoms with Crippen molar-refractivity contribution in [1.82, 2.24) is 4.98 Å². The summed E-state index contributed by atoms with van der Waals surface area (Å²) in [5.74, 6) is 0.682. The lowest BCUT2D eigenvalue weighted by Gasteiger charge is -1.97. The number of rotatable bonds is 2. The van der Waals surface area contributed by atoms with Crippen LogP contribution >= 0.6 is 0 Å². The molecule has 0 N–H and O–H groups in total. The van der Waals surface area contributed by atoms with E-state index >= 15 is 0 Å². The fourth-order valence-corrected chi connectivity index (χ4v) is 1.41. The van der Waals surface area contributed by atoms with Gasteiger partial charge in [0.25, 0.3) is 0 Å². The standard InChI is InChI=1S/C12H11NO2/c1-8-3-10(6-13-5-8)12(14)11-4-9(2)15-7-11/h3-7H,1-2H3. The van der Waals surface area contributed by atoms with Crippen LogP contribution in [0.2, 0.25) is 0 Å². The van der Waals surface area contributed by atoms with E-state index in [-0.39, 0.29) is 5.78 Å². The van der Waals surface area contributed by atoms with Crippen LogP contribution in [0.5, 0.6) is 0 Å². The Balaban J connectivity index is 2.36. The molecule has 0 spiro atoms. The van der Waals surface area contributed by atoms with E-state index in [2.05, 4.69) is 4.98 Å². The topological polar surface area (TPSA) is 43.1 Å². The van der Waals surface area contributed by atoms with Gasteiger partial charge < -0.3 is 4.42 Å². The molecule has 2 heterocycles. The highest BCUT2D eigenvalue weighted by atomic mass is 16.3. The predicted octanol–water partition coefficient (Wildman–Crippen LogP) is 2.52. The molecule has 3 nitrogen and oxygen atoms in total. The molecule has 15 heavy (non-hydrogen) atoms. The molecule has 2 aromatic heterocycles. The van der Waals surface area contributed by atoms with E-state index in [0.717, 1.165) is 11.3 Å². The monoisotopic (exact) mass is 201 g/mol. The molecule has 0 aliphatic heterocycles. The van der Waals surface area contributed by atoms with Gasteiger partial charge in [-0.2, -0.15) is 0 Å². The normalized spacial score (nSPS) is 10.3. The molecule has 0 amide bonds. The minimum Gasteiger partial charge on any atom is -0.469 e. The highest BCUT2D eigenvalue weighted by molar-refractivity contribution is 6.08. The molecule has 0 fully saturated rings. The molecule has 0 radical (unpaired) electrons. The van der Waals surface area contributed by atoms with Crippen molar-refractivity contribution in [2.24, 2.45) is 0 Å². The summed E-state index contributed by atoms with van der Waals surface area (Å²) < 4.78 is 5.10. The molecule has 3 heteroatoms. The first kappa shape index (κ1) is 9.65. The lowest BCUT2D eigenvalue weighted by molar-refractivity contribution is 0.103. The molecule has 0 aromatic carbocycles. The molecular weight excluding hydrogens is 190 g/mol. The molecule has 0 aliphatic rings. The van der Waals surface area contributed by atoms with Gasteiger partial charge in [0.1, 0.15) is 12.0 Å². The van der Waals surface area contributed by atoms with Crippen LogP contribution in [0.25, 0.3) is 0 Å². The SMILES string of the molecule is Cc1cncc(C(=O)c2coc(C)c2)c1. The van der Waals surface area contributed by atoms with Crippen LogP contribution in [-0.2, 0) is 0 Å². The lowest BCUT2D eigenvalue weighted by Crippen LogP contribution is -2.00. The number of aryl methyl sites for hydroxylation is 2. The molecule has 0 bridgehead atoms. The van der Waals surface area contributed by atoms with E-state index in [1.807, 2.05) is 19.9 Å². The summed E-state index contributed by atoms with van der Waals surface area (Å²) in [5, 5.41) is 0. The van der Waals surface area contributed by atoms with E-state index in [1.54, 1.807) is 18.5 Å². The van der Waals surface area contributed by atoms with Gasteiger partial charge in [0.05, 0.1) is 5.56 Å². The number of hydrogen-bond acceptors (Lipinski definition) is 3. The highest BCUT2D eigenvalue weighted by Gasteiger charge is 2.11. The van der Waals surface area contributed by atoms with Gasteiger partial charge in [0.2, 0.25) is 0 Å². The maximum absolute atomic E-state index is 11.9. The molecule has 2 rings (SSSR count). The molecular formula is C12H11NO2. The number of carbonyl (C=O) groups is 1. The fraction of sp³-hybridized carbons (Fsp3) is 0.167. The van der Waals surface area contributed by atoms with Crippen molar-refractivity contribution in [2.45, 2.75) is 13.8 Å². The predicted molar refractivity (Wildman–Crippen MR) is 55.9 cm³/mol. The maximum Gasteiger partial charge on any atom is 0.197 e. The minimum atomic E-state index is -0.0527. The Labute approximate surface area is 87.8 Å². The zero-order valence-electron chi connectivity index (χ0n) is 8.65. The number of furan rings is 1. The Hall–Kier alpha value is -1.90. The molecule has 2 aromatic rings. The average Bonchev–Trinajstić information content (AvgIpc) is 2.64. The summed E-state index contributed by atoms with van der Waals surface area (Å²) in [6, 6.07) is 3.54. The Morgan fingerprint density at radius 2 is 2.00 bits per heavy atom. The van der Waals surface area contributed by atoms with Crippen LogP contribution < -0.4 is 0 Å². The van der Waals surface area contributed by atoms with Crippen molar-refractivity contribution in [3.8, 4) is 0 Å². The summed E-state index contributed by atoms with van der Waals surface area (Å²) in [6.07, 6.45) is 4.76. The number of hydrogen-bond donors (Lipinski definition) is 0. The molecule has 0 aliphatic carbocycles. The highest BCUT2D eigenvalue weighted by Crippen LogP contribution is 2.12. The van der Waals surface area contributed by atoms with Crippen LogP contribution in [0.3, 0.4) is 0 Å². The van der Waals surface area contributed by atoms with Crippen LogP contribution in [0.1, 0.15) is 27.2 Å². The minimum absolute atomic E-state index is 0.0527. The average molecular weight is 201 g/mol. The van der Waals surface area contributed by atoms with Crippen molar-refractivity contribution >= 4 is 5.78 Å². The molecule has 0 atom stereocenters. The Morgan fingerprint density at radius 3 is 2.60 bits per heavy atom. The number of nitrogens with zero attached hydrogens (tertiary/aromatic N) is 1. The van der Waals surface area contributed by atoms with Crippen LogP contribution in [0.15, 0.2) is 35.2 Å². The number of ketones is 1. The third-order valence-corrected chi connectivity index (χ3v) is 2.13. The first-order valence-corrected chi connectivity index (χ1v) is 4.68. The van der Waals surface area contributed by atoms with Gasteiger partial charge in [0.15, 0.2) is 5.78 Å². The van der Waals surface area contributed by atoms with Gasteiger partial charge in [0, 0.05) is 18.0 Å². The third-order valence-electron chi connectivity index (χ3n) is 2.13. The largest absolute Gasteiger partial charge is 0.469 e. The van der Waals surface area contributed by atoms with Crippen molar-refractivity contribution in [1.29, 1.82) is 0 Å². The summed E-state index contributed by atoms with van der Waals surface area (Å²) in [5.41, 5.74) is 2.14. The summed E-state index contributed by atoms with van der Waals surface area (Å²) >= 11 is 0. The second-order valence-corrected chi connectivity index (χ2v) is 3.53. The van der Waals surface area contributed by atoms with E-state index < -0.39 is 0 Å². The van der Waals surface area contributed by atoms with Crippen molar-refractivity contribution in [2.75, 3.05) is 0 Å². The van der Waals surface area contributed by atoms with Crippen molar-refractivity contribution in [3.05, 3.63) is 53.2 Å². The van der Waals surface area contributed by atoms with Crippen LogP contribution in [0, 0.1) is 13.8 Å². The Bertz CT molecular complexity index is 500. The van der Waals surface area contributed by atoms with Crippen LogP contribution in [0.4, 0.5) is 0 Å². The van der Waals surface area contributed by atoms with E-state index in [1.165, 1.54) is 6.26 Å². The smallest absolute Gasteiger partial charge is 0.197 e. The van der Waals surface area contributed by atoms with Crippen LogP contribution in [-0.4, -0.2) is 10.8 Å². The van der Waals surface area contributed by atoms with Gasteiger partial charge in [-0.15, -0.1) is 0 Å².